The summed E-state index contributed by atoms with van der Waals surface area (Å²) in [6.45, 7) is 1.97. The number of aryl methyl sites for hydroxylation is 1. The molecule has 210 valence electrons. The standard InChI is InChI=1S/C33H26IN3O4S/c1-21-10-12-22(13-11-21)18-28(36-31(39)23-6-3-2-4-7-23)32(40)35-25-8-5-9-27(19-25)42-29-20-30(38)37(33(29)41)26-16-14-24(34)15-17-26/h2-19,29H,20H2,1H3,(H,35,40)(H,36,39). The quantitative estimate of drug-likeness (QED) is 0.127. The molecule has 1 saturated heterocycles. The normalized spacial score (nSPS) is 15.0. The van der Waals surface area contributed by atoms with E-state index in [2.05, 4.69) is 33.2 Å². The van der Waals surface area contributed by atoms with E-state index in [1.54, 1.807) is 60.7 Å². The summed E-state index contributed by atoms with van der Waals surface area (Å²) in [4.78, 5) is 54.1. The van der Waals surface area contributed by atoms with Gasteiger partial charge in [0.25, 0.3) is 11.8 Å². The third-order valence-corrected chi connectivity index (χ3v) is 8.38. The number of hydrogen-bond acceptors (Lipinski definition) is 5. The number of hydrogen-bond donors (Lipinski definition) is 2. The number of thioether (sulfide) groups is 1. The van der Waals surface area contributed by atoms with Crippen LogP contribution in [0.1, 0.15) is 27.9 Å². The van der Waals surface area contributed by atoms with Crippen LogP contribution in [0.4, 0.5) is 11.4 Å². The van der Waals surface area contributed by atoms with Gasteiger partial charge in [0.05, 0.1) is 10.9 Å². The molecule has 1 aliphatic rings. The van der Waals surface area contributed by atoms with Gasteiger partial charge in [-0.25, -0.2) is 4.90 Å². The third kappa shape index (κ3) is 7.15. The van der Waals surface area contributed by atoms with Crippen LogP contribution >= 0.6 is 34.4 Å². The van der Waals surface area contributed by atoms with E-state index >= 15 is 0 Å². The van der Waals surface area contributed by atoms with Crippen LogP contribution in [0, 0.1) is 10.5 Å². The van der Waals surface area contributed by atoms with Gasteiger partial charge in [-0.15, -0.1) is 11.8 Å². The van der Waals surface area contributed by atoms with Crippen molar-refractivity contribution < 1.29 is 19.2 Å². The van der Waals surface area contributed by atoms with Gasteiger partial charge in [0, 0.05) is 26.1 Å². The number of anilines is 2. The van der Waals surface area contributed by atoms with Crippen LogP contribution in [0.5, 0.6) is 0 Å². The van der Waals surface area contributed by atoms with Crippen molar-refractivity contribution in [3.63, 3.8) is 0 Å². The van der Waals surface area contributed by atoms with Gasteiger partial charge in [-0.2, -0.15) is 0 Å². The smallest absolute Gasteiger partial charge is 0.272 e. The van der Waals surface area contributed by atoms with Crippen molar-refractivity contribution in [2.75, 3.05) is 10.2 Å². The Morgan fingerprint density at radius 3 is 2.33 bits per heavy atom. The van der Waals surface area contributed by atoms with Crippen molar-refractivity contribution in [3.05, 3.63) is 129 Å². The zero-order valence-corrected chi connectivity index (χ0v) is 25.5. The molecule has 1 heterocycles. The van der Waals surface area contributed by atoms with Gasteiger partial charge in [0.1, 0.15) is 5.70 Å². The van der Waals surface area contributed by atoms with Crippen molar-refractivity contribution in [1.29, 1.82) is 0 Å². The van der Waals surface area contributed by atoms with Gasteiger partial charge in [-0.05, 0) is 95.8 Å². The third-order valence-electron chi connectivity index (χ3n) is 6.48. The number of carbonyl (C=O) groups is 4. The van der Waals surface area contributed by atoms with E-state index in [9.17, 15) is 19.2 Å². The summed E-state index contributed by atoms with van der Waals surface area (Å²) < 4.78 is 1.01. The average molecular weight is 688 g/mol. The van der Waals surface area contributed by atoms with E-state index < -0.39 is 17.1 Å². The van der Waals surface area contributed by atoms with Crippen molar-refractivity contribution in [3.8, 4) is 0 Å². The Morgan fingerprint density at radius 2 is 1.62 bits per heavy atom. The molecule has 5 rings (SSSR count). The van der Waals surface area contributed by atoms with Gasteiger partial charge in [0.2, 0.25) is 11.8 Å². The van der Waals surface area contributed by atoms with Crippen LogP contribution in [0.25, 0.3) is 6.08 Å². The minimum Gasteiger partial charge on any atom is -0.321 e. The number of carbonyl (C=O) groups excluding carboxylic acids is 4. The van der Waals surface area contributed by atoms with Crippen LogP contribution in [-0.4, -0.2) is 28.9 Å². The number of rotatable bonds is 8. The van der Waals surface area contributed by atoms with Gasteiger partial charge in [0.15, 0.2) is 0 Å². The molecule has 1 fully saturated rings. The lowest BCUT2D eigenvalue weighted by Crippen LogP contribution is -2.31. The molecule has 9 heteroatoms. The van der Waals surface area contributed by atoms with Crippen molar-refractivity contribution in [2.24, 2.45) is 0 Å². The monoisotopic (exact) mass is 687 g/mol. The topological polar surface area (TPSA) is 95.6 Å². The molecule has 1 unspecified atom stereocenters. The van der Waals surface area contributed by atoms with Crippen molar-refractivity contribution >= 4 is 75.4 Å². The first-order chi connectivity index (χ1) is 20.3. The van der Waals surface area contributed by atoms with Gasteiger partial charge in [-0.1, -0.05) is 54.1 Å². The minimum atomic E-state index is -0.579. The fourth-order valence-corrected chi connectivity index (χ4v) is 5.81. The van der Waals surface area contributed by atoms with E-state index in [0.717, 1.165) is 19.6 Å². The Labute approximate surface area is 261 Å². The highest BCUT2D eigenvalue weighted by Crippen LogP contribution is 2.35. The second kappa shape index (κ2) is 13.2. The highest BCUT2D eigenvalue weighted by molar-refractivity contribution is 14.1. The van der Waals surface area contributed by atoms with Crippen LogP contribution in [0.15, 0.2) is 114 Å². The van der Waals surface area contributed by atoms with E-state index in [1.165, 1.54) is 16.7 Å². The molecule has 2 N–H and O–H groups in total. The van der Waals surface area contributed by atoms with Crippen molar-refractivity contribution in [2.45, 2.75) is 23.5 Å². The van der Waals surface area contributed by atoms with Gasteiger partial charge >= 0.3 is 0 Å². The molecular formula is C33H26IN3O4S. The molecule has 4 aromatic carbocycles. The summed E-state index contributed by atoms with van der Waals surface area (Å²) in [5.41, 5.74) is 3.37. The number of nitrogens with zero attached hydrogens (tertiary/aromatic N) is 1. The zero-order valence-electron chi connectivity index (χ0n) is 22.5. The Bertz CT molecular complexity index is 1670. The number of nitrogens with one attached hydrogen (secondary N) is 2. The summed E-state index contributed by atoms with van der Waals surface area (Å²) in [6, 6.07) is 30.6. The molecule has 0 aromatic heterocycles. The number of imide groups is 1. The molecule has 1 atom stereocenters. The van der Waals surface area contributed by atoms with E-state index in [4.69, 9.17) is 0 Å². The molecule has 0 radical (unpaired) electrons. The first kappa shape index (κ1) is 29.3. The van der Waals surface area contributed by atoms with E-state index in [0.29, 0.717) is 16.9 Å². The molecule has 4 aromatic rings. The molecule has 1 aliphatic heterocycles. The lowest BCUT2D eigenvalue weighted by molar-refractivity contribution is -0.121. The molecule has 0 bridgehead atoms. The van der Waals surface area contributed by atoms with E-state index in [1.807, 2.05) is 55.5 Å². The summed E-state index contributed by atoms with van der Waals surface area (Å²) >= 11 is 3.45. The zero-order chi connectivity index (χ0) is 29.6. The van der Waals surface area contributed by atoms with Crippen molar-refractivity contribution in [1.82, 2.24) is 5.32 Å². The van der Waals surface area contributed by atoms with Gasteiger partial charge < -0.3 is 10.6 Å². The predicted molar refractivity (Wildman–Crippen MR) is 174 cm³/mol. The maximum Gasteiger partial charge on any atom is 0.272 e. The lowest BCUT2D eigenvalue weighted by Gasteiger charge is -2.15. The number of halogens is 1. The lowest BCUT2D eigenvalue weighted by atomic mass is 10.1. The number of amides is 4. The molecular weight excluding hydrogens is 661 g/mol. The fraction of sp³-hybridized carbons (Fsp3) is 0.0909. The Morgan fingerprint density at radius 1 is 0.905 bits per heavy atom. The second-order valence-corrected chi connectivity index (χ2v) is 12.1. The van der Waals surface area contributed by atoms with Crippen LogP contribution in [0.3, 0.4) is 0 Å². The second-order valence-electron chi connectivity index (χ2n) is 9.63. The van der Waals surface area contributed by atoms with E-state index in [-0.39, 0.29) is 23.9 Å². The molecule has 4 amide bonds. The SMILES string of the molecule is Cc1ccc(C=C(NC(=O)c2ccccc2)C(=O)Nc2cccc(SC3CC(=O)N(c4ccc(I)cc4)C3=O)c2)cc1. The Kier molecular flexibility index (Phi) is 9.19. The van der Waals surface area contributed by atoms with Crippen LogP contribution < -0.4 is 15.5 Å². The Balaban J connectivity index is 1.32. The predicted octanol–water partition coefficient (Wildman–Crippen LogP) is 6.43. The first-order valence-electron chi connectivity index (χ1n) is 13.1. The molecule has 0 spiro atoms. The highest BCUT2D eigenvalue weighted by atomic mass is 127. The molecule has 7 nitrogen and oxygen atoms in total. The molecule has 42 heavy (non-hydrogen) atoms. The maximum atomic E-state index is 13.4. The van der Waals surface area contributed by atoms with Crippen LogP contribution in [0.2, 0.25) is 0 Å². The molecule has 0 saturated carbocycles. The average Bonchev–Trinajstić information content (AvgIpc) is 3.26. The minimum absolute atomic E-state index is 0.0792. The summed E-state index contributed by atoms with van der Waals surface area (Å²) in [6.07, 6.45) is 1.71. The number of benzene rings is 4. The summed E-state index contributed by atoms with van der Waals surface area (Å²) in [5, 5.41) is 5.02. The largest absolute Gasteiger partial charge is 0.321 e. The summed E-state index contributed by atoms with van der Waals surface area (Å²) in [7, 11) is 0. The maximum absolute atomic E-state index is 13.4. The first-order valence-corrected chi connectivity index (χ1v) is 15.1. The fourth-order valence-electron chi connectivity index (χ4n) is 4.34. The Hall–Kier alpha value is -4.22. The van der Waals surface area contributed by atoms with Gasteiger partial charge in [-0.3, -0.25) is 19.2 Å². The molecule has 0 aliphatic carbocycles. The van der Waals surface area contributed by atoms with Crippen LogP contribution in [-0.2, 0) is 14.4 Å². The summed E-state index contributed by atoms with van der Waals surface area (Å²) in [5.74, 6) is -1.43. The highest BCUT2D eigenvalue weighted by Gasteiger charge is 2.40.